The van der Waals surface area contributed by atoms with Crippen molar-refractivity contribution in [1.29, 1.82) is 10.5 Å². The van der Waals surface area contributed by atoms with Crippen molar-refractivity contribution in [3.63, 3.8) is 0 Å². The molecule has 0 saturated carbocycles. The zero-order valence-corrected chi connectivity index (χ0v) is 17.3. The van der Waals surface area contributed by atoms with Crippen LogP contribution in [0.3, 0.4) is 0 Å². The van der Waals surface area contributed by atoms with Crippen molar-refractivity contribution >= 4 is 75.5 Å². The van der Waals surface area contributed by atoms with Gasteiger partial charge in [0.1, 0.15) is 12.1 Å². The average molecular weight is 488 g/mol. The lowest BCUT2D eigenvalue weighted by molar-refractivity contribution is 1.38. The molecule has 0 aliphatic heterocycles. The Balaban J connectivity index is 2.08. The highest BCUT2D eigenvalue weighted by molar-refractivity contribution is 9.10. The molecule has 0 aliphatic rings. The number of rotatable bonds is 0. The third kappa shape index (κ3) is 2.46. The molecule has 1 aromatic heterocycles. The van der Waals surface area contributed by atoms with Crippen LogP contribution in [0, 0.1) is 22.7 Å². The average Bonchev–Trinajstić information content (AvgIpc) is 2.71. The predicted molar refractivity (Wildman–Crippen MR) is 117 cm³/mol. The van der Waals surface area contributed by atoms with E-state index in [4.69, 9.17) is 9.97 Å². The summed E-state index contributed by atoms with van der Waals surface area (Å²) in [5, 5.41) is 22.8. The Kier molecular flexibility index (Phi) is 3.80. The molecule has 5 rings (SSSR count). The fraction of sp³-hybridized carbons (Fsp3) is 0. The van der Waals surface area contributed by atoms with Crippen molar-refractivity contribution < 1.29 is 0 Å². The molecular weight excluding hydrogens is 480 g/mol. The van der Waals surface area contributed by atoms with Gasteiger partial charge in [0.25, 0.3) is 0 Å². The van der Waals surface area contributed by atoms with Crippen molar-refractivity contribution in [2.45, 2.75) is 0 Å². The maximum atomic E-state index is 9.34. The molecular formula is C22H8Br2N4. The molecule has 0 N–H and O–H groups in total. The number of aromatic nitrogens is 2. The maximum Gasteiger partial charge on any atom is 0.101 e. The number of nitrogens with zero attached hydrogens (tertiary/aromatic N) is 4. The van der Waals surface area contributed by atoms with Crippen LogP contribution in [-0.2, 0) is 0 Å². The van der Waals surface area contributed by atoms with Crippen LogP contribution in [0.4, 0.5) is 0 Å². The Hall–Kier alpha value is -3.06. The lowest BCUT2D eigenvalue weighted by Crippen LogP contribution is -1.94. The molecule has 28 heavy (non-hydrogen) atoms. The van der Waals surface area contributed by atoms with E-state index in [0.29, 0.717) is 22.2 Å². The highest BCUT2D eigenvalue weighted by Gasteiger charge is 2.14. The summed E-state index contributed by atoms with van der Waals surface area (Å²) in [5.74, 6) is 0. The van der Waals surface area contributed by atoms with Crippen molar-refractivity contribution in [2.75, 3.05) is 0 Å². The third-order valence-electron chi connectivity index (χ3n) is 4.81. The van der Waals surface area contributed by atoms with Gasteiger partial charge in [0.2, 0.25) is 0 Å². The van der Waals surface area contributed by atoms with Gasteiger partial charge in [-0.15, -0.1) is 0 Å². The first kappa shape index (κ1) is 17.1. The van der Waals surface area contributed by atoms with Gasteiger partial charge >= 0.3 is 0 Å². The third-order valence-corrected chi connectivity index (χ3v) is 5.79. The normalized spacial score (nSPS) is 11.1. The van der Waals surface area contributed by atoms with Gasteiger partial charge < -0.3 is 0 Å². The SMILES string of the molecule is N#Cc1cc2nc3c4cc(Br)ccc4c4ccc(Br)cc4c3nc2cc1C#N. The molecule has 4 aromatic carbocycles. The van der Waals surface area contributed by atoms with Crippen LogP contribution in [-0.4, -0.2) is 9.97 Å². The molecule has 1 heterocycles. The second kappa shape index (κ2) is 6.24. The molecule has 5 aromatic rings. The molecule has 6 heteroatoms. The Morgan fingerprint density at radius 2 is 1.04 bits per heavy atom. The topological polar surface area (TPSA) is 73.4 Å². The van der Waals surface area contributed by atoms with E-state index < -0.39 is 0 Å². The first-order chi connectivity index (χ1) is 13.6. The molecule has 0 spiro atoms. The number of fused-ring (bicyclic) bond motifs is 7. The van der Waals surface area contributed by atoms with Crippen molar-refractivity contribution in [1.82, 2.24) is 9.97 Å². The summed E-state index contributed by atoms with van der Waals surface area (Å²) >= 11 is 7.10. The minimum absolute atomic E-state index is 0.303. The lowest BCUT2D eigenvalue weighted by Gasteiger charge is -2.11. The number of hydrogen-bond acceptors (Lipinski definition) is 4. The molecule has 0 radical (unpaired) electrons. The summed E-state index contributed by atoms with van der Waals surface area (Å²) in [7, 11) is 0. The van der Waals surface area contributed by atoms with Crippen LogP contribution in [0.15, 0.2) is 57.5 Å². The highest BCUT2D eigenvalue weighted by Crippen LogP contribution is 2.36. The largest absolute Gasteiger partial charge is 0.244 e. The summed E-state index contributed by atoms with van der Waals surface area (Å²) in [6, 6.07) is 19.6. The predicted octanol–water partition coefficient (Wildman–Crippen LogP) is 6.36. The van der Waals surface area contributed by atoms with Crippen LogP contribution < -0.4 is 0 Å². The van der Waals surface area contributed by atoms with Crippen LogP contribution in [0.1, 0.15) is 11.1 Å². The fourth-order valence-electron chi connectivity index (χ4n) is 3.56. The van der Waals surface area contributed by atoms with E-state index in [1.165, 1.54) is 0 Å². The molecule has 0 unspecified atom stereocenters. The lowest BCUT2D eigenvalue weighted by atomic mass is 9.99. The molecule has 0 amide bonds. The van der Waals surface area contributed by atoms with E-state index in [1.54, 1.807) is 12.1 Å². The van der Waals surface area contributed by atoms with Crippen molar-refractivity contribution in [3.8, 4) is 12.1 Å². The van der Waals surface area contributed by atoms with Gasteiger partial charge in [-0.25, -0.2) is 9.97 Å². The van der Waals surface area contributed by atoms with Gasteiger partial charge in [0.05, 0.1) is 33.2 Å². The first-order valence-electron chi connectivity index (χ1n) is 8.35. The Labute approximate surface area is 176 Å². The summed E-state index contributed by atoms with van der Waals surface area (Å²) in [5.41, 5.74) is 3.33. The molecule has 4 nitrogen and oxygen atoms in total. The van der Waals surface area contributed by atoms with Gasteiger partial charge in [-0.3, -0.25) is 0 Å². The number of hydrogen-bond donors (Lipinski definition) is 0. The molecule has 0 fully saturated rings. The fourth-order valence-corrected chi connectivity index (χ4v) is 4.28. The second-order valence-electron chi connectivity index (χ2n) is 6.41. The Bertz CT molecular complexity index is 1440. The van der Waals surface area contributed by atoms with E-state index >= 15 is 0 Å². The van der Waals surface area contributed by atoms with Crippen molar-refractivity contribution in [2.24, 2.45) is 0 Å². The minimum Gasteiger partial charge on any atom is -0.244 e. The van der Waals surface area contributed by atoms with Gasteiger partial charge in [-0.05, 0) is 47.2 Å². The van der Waals surface area contributed by atoms with Gasteiger partial charge in [-0.1, -0.05) is 44.0 Å². The van der Waals surface area contributed by atoms with Crippen molar-refractivity contribution in [3.05, 3.63) is 68.6 Å². The first-order valence-corrected chi connectivity index (χ1v) is 9.94. The second-order valence-corrected chi connectivity index (χ2v) is 8.24. The smallest absolute Gasteiger partial charge is 0.101 e. The summed E-state index contributed by atoms with van der Waals surface area (Å²) < 4.78 is 1.91. The van der Waals surface area contributed by atoms with E-state index in [-0.39, 0.29) is 0 Å². The van der Waals surface area contributed by atoms with Crippen LogP contribution >= 0.6 is 31.9 Å². The molecule has 0 bridgehead atoms. The molecule has 0 aliphatic carbocycles. The van der Waals surface area contributed by atoms with Crippen LogP contribution in [0.5, 0.6) is 0 Å². The molecule has 0 atom stereocenters. The Morgan fingerprint density at radius 3 is 1.43 bits per heavy atom. The number of halogens is 2. The minimum atomic E-state index is 0.303. The van der Waals surface area contributed by atoms with Gasteiger partial charge in [-0.2, -0.15) is 10.5 Å². The van der Waals surface area contributed by atoms with Crippen LogP contribution in [0.2, 0.25) is 0 Å². The van der Waals surface area contributed by atoms with E-state index in [1.807, 2.05) is 24.3 Å². The highest BCUT2D eigenvalue weighted by atomic mass is 79.9. The van der Waals surface area contributed by atoms with E-state index in [0.717, 1.165) is 41.5 Å². The Morgan fingerprint density at radius 1 is 0.607 bits per heavy atom. The molecule has 130 valence electrons. The standard InChI is InChI=1S/C22H8Br2N4/c23-13-1-3-15-16-4-2-14(24)8-18(16)22-21(17(15)7-13)27-19-5-11(9-25)12(10-26)6-20(19)28-22/h1-8H. The van der Waals surface area contributed by atoms with E-state index in [9.17, 15) is 10.5 Å². The zero-order valence-electron chi connectivity index (χ0n) is 14.2. The summed E-state index contributed by atoms with van der Waals surface area (Å²) in [6.45, 7) is 0. The number of nitriles is 2. The molecule has 0 saturated heterocycles. The maximum absolute atomic E-state index is 9.34. The zero-order chi connectivity index (χ0) is 19.4. The quantitative estimate of drug-likeness (QED) is 0.188. The van der Waals surface area contributed by atoms with Gasteiger partial charge in [0, 0.05) is 19.7 Å². The van der Waals surface area contributed by atoms with Crippen LogP contribution in [0.25, 0.3) is 43.6 Å². The van der Waals surface area contributed by atoms with E-state index in [2.05, 4.69) is 56.1 Å². The summed E-state index contributed by atoms with van der Waals surface area (Å²) in [4.78, 5) is 9.70. The summed E-state index contributed by atoms with van der Waals surface area (Å²) in [6.07, 6.45) is 0. The monoisotopic (exact) mass is 486 g/mol. The van der Waals surface area contributed by atoms with Gasteiger partial charge in [0.15, 0.2) is 0 Å². The number of benzene rings is 4.